The number of esters is 1. The van der Waals surface area contributed by atoms with Gasteiger partial charge in [0.05, 0.1) is 18.3 Å². The van der Waals surface area contributed by atoms with E-state index in [4.69, 9.17) is 9.47 Å². The number of hydrogen-bond donors (Lipinski definition) is 0. The molecule has 0 saturated heterocycles. The smallest absolute Gasteiger partial charge is 0.339 e. The Kier molecular flexibility index (Phi) is 4.62. The number of thiophene rings is 1. The van der Waals surface area contributed by atoms with E-state index in [1.54, 1.807) is 11.4 Å². The maximum Gasteiger partial charge on any atom is 0.339 e. The molecular formula is C10H14O3S. The molecule has 0 aromatic carbocycles. The van der Waals surface area contributed by atoms with Crippen LogP contribution < -0.4 is 0 Å². The highest BCUT2D eigenvalue weighted by atomic mass is 32.1. The van der Waals surface area contributed by atoms with Gasteiger partial charge in [-0.25, -0.2) is 4.79 Å². The third kappa shape index (κ3) is 3.89. The lowest BCUT2D eigenvalue weighted by Gasteiger charge is -2.07. The van der Waals surface area contributed by atoms with Crippen molar-refractivity contribution in [2.24, 2.45) is 0 Å². The van der Waals surface area contributed by atoms with Crippen molar-refractivity contribution in [3.63, 3.8) is 0 Å². The molecule has 3 nitrogen and oxygen atoms in total. The molecule has 0 spiro atoms. The zero-order chi connectivity index (χ0) is 10.4. The molecule has 1 aromatic heterocycles. The van der Waals surface area contributed by atoms with Crippen LogP contribution in [0.4, 0.5) is 0 Å². The lowest BCUT2D eigenvalue weighted by atomic mass is 10.3. The van der Waals surface area contributed by atoms with Gasteiger partial charge in [-0.05, 0) is 25.3 Å². The number of carbonyl (C=O) groups excluding carboxylic acids is 1. The van der Waals surface area contributed by atoms with Gasteiger partial charge in [0.2, 0.25) is 0 Å². The van der Waals surface area contributed by atoms with Crippen molar-refractivity contribution in [1.82, 2.24) is 0 Å². The Morgan fingerprint density at radius 3 is 2.86 bits per heavy atom. The van der Waals surface area contributed by atoms with Crippen molar-refractivity contribution in [3.8, 4) is 0 Å². The lowest BCUT2D eigenvalue weighted by molar-refractivity contribution is 0.0177. The fraction of sp³-hybridized carbons (Fsp3) is 0.500. The minimum atomic E-state index is -0.279. The van der Waals surface area contributed by atoms with Crippen molar-refractivity contribution in [2.75, 3.05) is 13.2 Å². The summed E-state index contributed by atoms with van der Waals surface area (Å²) in [6.45, 7) is 4.65. The van der Waals surface area contributed by atoms with Crippen LogP contribution in [0.2, 0.25) is 0 Å². The normalized spacial score (nSPS) is 10.5. The second-order valence-electron chi connectivity index (χ2n) is 3.07. The van der Waals surface area contributed by atoms with Crippen molar-refractivity contribution in [2.45, 2.75) is 20.0 Å². The van der Waals surface area contributed by atoms with Crippen LogP contribution in [0.5, 0.6) is 0 Å². The monoisotopic (exact) mass is 214 g/mol. The molecule has 0 amide bonds. The van der Waals surface area contributed by atoms with Crippen molar-refractivity contribution < 1.29 is 14.3 Å². The van der Waals surface area contributed by atoms with Gasteiger partial charge >= 0.3 is 5.97 Å². The Morgan fingerprint density at radius 2 is 2.29 bits per heavy atom. The molecule has 1 aromatic rings. The van der Waals surface area contributed by atoms with Gasteiger partial charge in [0.25, 0.3) is 0 Å². The lowest BCUT2D eigenvalue weighted by Crippen LogP contribution is -2.13. The number of ether oxygens (including phenoxy) is 2. The van der Waals surface area contributed by atoms with E-state index < -0.39 is 0 Å². The highest BCUT2D eigenvalue weighted by Crippen LogP contribution is 2.07. The molecule has 0 N–H and O–H groups in total. The summed E-state index contributed by atoms with van der Waals surface area (Å²) in [4.78, 5) is 11.3. The van der Waals surface area contributed by atoms with Crippen LogP contribution in [0.3, 0.4) is 0 Å². The third-order valence-corrected chi connectivity index (χ3v) is 2.21. The molecule has 0 radical (unpaired) electrons. The van der Waals surface area contributed by atoms with Crippen LogP contribution in [-0.2, 0) is 9.47 Å². The molecule has 0 aliphatic carbocycles. The van der Waals surface area contributed by atoms with E-state index in [0.29, 0.717) is 18.8 Å². The van der Waals surface area contributed by atoms with Crippen LogP contribution in [0.25, 0.3) is 0 Å². The Hall–Kier alpha value is -0.870. The number of rotatable bonds is 5. The largest absolute Gasteiger partial charge is 0.460 e. The van der Waals surface area contributed by atoms with Crippen molar-refractivity contribution >= 4 is 17.3 Å². The predicted octanol–water partition coefficient (Wildman–Crippen LogP) is 2.33. The fourth-order valence-corrected chi connectivity index (χ4v) is 1.51. The Morgan fingerprint density at radius 1 is 1.50 bits per heavy atom. The first kappa shape index (κ1) is 11.2. The first-order valence-electron chi connectivity index (χ1n) is 4.51. The van der Waals surface area contributed by atoms with Crippen LogP contribution in [0, 0.1) is 0 Å². The van der Waals surface area contributed by atoms with Crippen molar-refractivity contribution in [3.05, 3.63) is 22.4 Å². The fourth-order valence-electron chi connectivity index (χ4n) is 0.882. The van der Waals surface area contributed by atoms with E-state index in [-0.39, 0.29) is 12.1 Å². The molecule has 0 fully saturated rings. The molecule has 14 heavy (non-hydrogen) atoms. The number of hydrogen-bond acceptors (Lipinski definition) is 4. The molecule has 0 bridgehead atoms. The Labute approximate surface area is 87.7 Å². The first-order chi connectivity index (χ1) is 6.70. The summed E-state index contributed by atoms with van der Waals surface area (Å²) in [5.41, 5.74) is 0.611. The predicted molar refractivity (Wildman–Crippen MR) is 55.7 cm³/mol. The summed E-state index contributed by atoms with van der Waals surface area (Å²) < 4.78 is 10.2. The second kappa shape index (κ2) is 5.78. The second-order valence-corrected chi connectivity index (χ2v) is 3.85. The standard InChI is InChI=1S/C10H14O3S/c1-8(2)12-4-5-13-10(11)9-3-6-14-7-9/h3,6-8H,4-5H2,1-2H3. The maximum absolute atomic E-state index is 11.3. The number of carbonyl (C=O) groups is 1. The summed E-state index contributed by atoms with van der Waals surface area (Å²) >= 11 is 1.48. The van der Waals surface area contributed by atoms with Gasteiger partial charge in [-0.2, -0.15) is 11.3 Å². The molecule has 0 aliphatic heterocycles. The van der Waals surface area contributed by atoms with Crippen LogP contribution >= 0.6 is 11.3 Å². The van der Waals surface area contributed by atoms with Gasteiger partial charge in [-0.15, -0.1) is 0 Å². The summed E-state index contributed by atoms with van der Waals surface area (Å²) in [7, 11) is 0. The van der Waals surface area contributed by atoms with E-state index in [1.165, 1.54) is 11.3 Å². The third-order valence-electron chi connectivity index (χ3n) is 1.52. The molecule has 4 heteroatoms. The summed E-state index contributed by atoms with van der Waals surface area (Å²) in [6, 6.07) is 1.75. The minimum absolute atomic E-state index is 0.176. The molecule has 1 heterocycles. The summed E-state index contributed by atoms with van der Waals surface area (Å²) in [5.74, 6) is -0.279. The highest BCUT2D eigenvalue weighted by molar-refractivity contribution is 7.08. The van der Waals surface area contributed by atoms with Crippen LogP contribution in [-0.4, -0.2) is 25.3 Å². The van der Waals surface area contributed by atoms with Gasteiger partial charge < -0.3 is 9.47 Å². The van der Waals surface area contributed by atoms with E-state index in [1.807, 2.05) is 19.2 Å². The molecule has 0 unspecified atom stereocenters. The average Bonchev–Trinajstić information content (AvgIpc) is 2.64. The zero-order valence-corrected chi connectivity index (χ0v) is 9.17. The zero-order valence-electron chi connectivity index (χ0n) is 8.36. The topological polar surface area (TPSA) is 35.5 Å². The minimum Gasteiger partial charge on any atom is -0.460 e. The first-order valence-corrected chi connectivity index (χ1v) is 5.45. The van der Waals surface area contributed by atoms with Gasteiger partial charge in [0, 0.05) is 5.38 Å². The SMILES string of the molecule is CC(C)OCCOC(=O)c1ccsc1. The van der Waals surface area contributed by atoms with Gasteiger partial charge in [0.15, 0.2) is 0 Å². The van der Waals surface area contributed by atoms with E-state index in [9.17, 15) is 4.79 Å². The molecular weight excluding hydrogens is 200 g/mol. The highest BCUT2D eigenvalue weighted by Gasteiger charge is 2.06. The van der Waals surface area contributed by atoms with Crippen LogP contribution in [0.1, 0.15) is 24.2 Å². The van der Waals surface area contributed by atoms with E-state index >= 15 is 0 Å². The van der Waals surface area contributed by atoms with Gasteiger partial charge in [0.1, 0.15) is 6.61 Å². The Balaban J connectivity index is 2.16. The van der Waals surface area contributed by atoms with Crippen LogP contribution in [0.15, 0.2) is 16.8 Å². The molecule has 0 aliphatic rings. The van der Waals surface area contributed by atoms with E-state index in [0.717, 1.165) is 0 Å². The molecule has 0 saturated carbocycles. The maximum atomic E-state index is 11.3. The summed E-state index contributed by atoms with van der Waals surface area (Å²) in [6.07, 6.45) is 0.176. The molecule has 78 valence electrons. The van der Waals surface area contributed by atoms with Gasteiger partial charge in [-0.3, -0.25) is 0 Å². The van der Waals surface area contributed by atoms with Crippen molar-refractivity contribution in [1.29, 1.82) is 0 Å². The molecule has 0 atom stereocenters. The average molecular weight is 214 g/mol. The summed E-state index contributed by atoms with van der Waals surface area (Å²) in [5, 5.41) is 3.62. The molecule has 1 rings (SSSR count). The Bertz CT molecular complexity index is 267. The van der Waals surface area contributed by atoms with E-state index in [2.05, 4.69) is 0 Å². The van der Waals surface area contributed by atoms with Gasteiger partial charge in [-0.1, -0.05) is 0 Å². The quantitative estimate of drug-likeness (QED) is 0.557.